The van der Waals surface area contributed by atoms with Gasteiger partial charge in [0.1, 0.15) is 5.65 Å². The van der Waals surface area contributed by atoms with Crippen molar-refractivity contribution in [1.29, 1.82) is 0 Å². The maximum Gasteiger partial charge on any atom is 0.232 e. The van der Waals surface area contributed by atoms with Crippen LogP contribution in [0.15, 0.2) is 23.5 Å². The zero-order valence-corrected chi connectivity index (χ0v) is 16.5. The number of hydrogen-bond donors (Lipinski definition) is 3. The van der Waals surface area contributed by atoms with Gasteiger partial charge >= 0.3 is 0 Å². The van der Waals surface area contributed by atoms with E-state index in [0.29, 0.717) is 38.2 Å². The van der Waals surface area contributed by atoms with Gasteiger partial charge in [0.05, 0.1) is 34.7 Å². The van der Waals surface area contributed by atoms with E-state index in [1.54, 1.807) is 20.3 Å². The van der Waals surface area contributed by atoms with Crippen molar-refractivity contribution >= 4 is 46.0 Å². The highest BCUT2D eigenvalue weighted by atomic mass is 35.5. The van der Waals surface area contributed by atoms with Crippen molar-refractivity contribution < 1.29 is 14.6 Å². The van der Waals surface area contributed by atoms with Crippen molar-refractivity contribution in [2.24, 2.45) is 0 Å². The van der Waals surface area contributed by atoms with Gasteiger partial charge in [0.25, 0.3) is 0 Å². The number of aromatic amines is 1. The van der Waals surface area contributed by atoms with Crippen LogP contribution in [0.1, 0.15) is 0 Å². The summed E-state index contributed by atoms with van der Waals surface area (Å²) in [5.41, 5.74) is 7.97. The van der Waals surface area contributed by atoms with Gasteiger partial charge in [-0.15, -0.1) is 0 Å². The molecule has 0 saturated carbocycles. The molecule has 10 heteroatoms. The number of nitrogens with two attached hydrogens (primary N) is 1. The van der Waals surface area contributed by atoms with Crippen molar-refractivity contribution in [2.75, 3.05) is 32.7 Å². The first-order valence-corrected chi connectivity index (χ1v) is 9.22. The molecule has 8 nitrogen and oxygen atoms in total. The summed E-state index contributed by atoms with van der Waals surface area (Å²) < 4.78 is 5.08. The number of anilines is 1. The number of nitrogen functional groups attached to an aromatic ring is 1. The van der Waals surface area contributed by atoms with Crippen molar-refractivity contribution in [3.05, 3.63) is 23.4 Å². The summed E-state index contributed by atoms with van der Waals surface area (Å²) >= 11 is 7.59. The van der Waals surface area contributed by atoms with E-state index in [4.69, 9.17) is 22.1 Å². The third-order valence-corrected chi connectivity index (χ3v) is 5.03. The Balaban J connectivity index is 2.12. The minimum atomic E-state index is -0.0743. The molecule has 2 heterocycles. The van der Waals surface area contributed by atoms with Gasteiger partial charge in [-0.1, -0.05) is 23.4 Å². The summed E-state index contributed by atoms with van der Waals surface area (Å²) in [4.78, 5) is 25.3. The number of phenols is 1. The minimum absolute atomic E-state index is 0.0589. The lowest BCUT2D eigenvalue weighted by Gasteiger charge is -2.12. The second-order valence-electron chi connectivity index (χ2n) is 5.90. The Labute approximate surface area is 164 Å². The van der Waals surface area contributed by atoms with Gasteiger partial charge in [-0.3, -0.25) is 4.79 Å². The number of nitrogens with zero attached hydrogens (tertiary/aromatic N) is 3. The molecule has 0 fully saturated rings. The topological polar surface area (TPSA) is 117 Å². The summed E-state index contributed by atoms with van der Waals surface area (Å²) in [6, 6.07) is 2.97. The van der Waals surface area contributed by atoms with Crippen LogP contribution < -0.4 is 10.5 Å². The molecule has 0 spiro atoms. The number of thioether (sulfide) groups is 1. The Morgan fingerprint density at radius 1 is 1.41 bits per heavy atom. The molecule has 2 aromatic heterocycles. The van der Waals surface area contributed by atoms with E-state index in [2.05, 4.69) is 15.0 Å². The maximum atomic E-state index is 11.9. The van der Waals surface area contributed by atoms with E-state index in [1.807, 2.05) is 0 Å². The number of methoxy groups -OCH3 is 1. The molecule has 0 radical (unpaired) electrons. The molecule has 0 aliphatic heterocycles. The molecule has 1 amide bonds. The van der Waals surface area contributed by atoms with Crippen LogP contribution in [0.5, 0.6) is 11.5 Å². The zero-order valence-electron chi connectivity index (χ0n) is 14.9. The molecule has 0 atom stereocenters. The largest absolute Gasteiger partial charge is 0.504 e. The van der Waals surface area contributed by atoms with E-state index >= 15 is 0 Å². The van der Waals surface area contributed by atoms with E-state index in [1.165, 1.54) is 35.9 Å². The predicted octanol–water partition coefficient (Wildman–Crippen LogP) is 2.76. The van der Waals surface area contributed by atoms with Crippen LogP contribution in [0.4, 0.5) is 5.69 Å². The number of benzene rings is 1. The van der Waals surface area contributed by atoms with E-state index < -0.39 is 0 Å². The van der Waals surface area contributed by atoms with E-state index in [-0.39, 0.29) is 23.2 Å². The van der Waals surface area contributed by atoms with Gasteiger partial charge in [-0.2, -0.15) is 0 Å². The first-order valence-electron chi connectivity index (χ1n) is 7.86. The smallest absolute Gasteiger partial charge is 0.232 e. The van der Waals surface area contributed by atoms with Crippen molar-refractivity contribution in [3.8, 4) is 22.8 Å². The first-order chi connectivity index (χ1) is 12.8. The van der Waals surface area contributed by atoms with Crippen LogP contribution in [0.2, 0.25) is 5.02 Å². The summed E-state index contributed by atoms with van der Waals surface area (Å²) in [5, 5.41) is 11.5. The number of hydrogen-bond acceptors (Lipinski definition) is 7. The Kier molecular flexibility index (Phi) is 5.33. The lowest BCUT2D eigenvalue weighted by molar-refractivity contribution is -0.125. The minimum Gasteiger partial charge on any atom is -0.504 e. The predicted molar refractivity (Wildman–Crippen MR) is 106 cm³/mol. The summed E-state index contributed by atoms with van der Waals surface area (Å²) in [5.74, 6) is 0.309. The Morgan fingerprint density at radius 2 is 2.15 bits per heavy atom. The van der Waals surface area contributed by atoms with Crippen LogP contribution in [-0.2, 0) is 4.79 Å². The highest BCUT2D eigenvalue weighted by Gasteiger charge is 2.19. The molecule has 4 N–H and O–H groups in total. The summed E-state index contributed by atoms with van der Waals surface area (Å²) in [6.45, 7) is 0. The molecular weight excluding hydrogens is 390 g/mol. The molecule has 3 rings (SSSR count). The number of halogens is 1. The Bertz CT molecular complexity index is 1020. The molecule has 0 unspecified atom stereocenters. The number of aromatic nitrogens is 3. The lowest BCUT2D eigenvalue weighted by atomic mass is 10.1. The average molecular weight is 408 g/mol. The molecule has 0 saturated heterocycles. The molecule has 3 aromatic rings. The number of carbonyl (C=O) groups excluding carboxylic acids is 1. The molecule has 0 aliphatic carbocycles. The number of fused-ring (bicyclic) bond motifs is 1. The zero-order chi connectivity index (χ0) is 19.7. The number of ether oxygens (including phenoxy) is 1. The van der Waals surface area contributed by atoms with Gasteiger partial charge in [0.15, 0.2) is 16.7 Å². The third-order valence-electron chi connectivity index (χ3n) is 3.89. The number of H-pyrrole nitrogens is 1. The fraction of sp³-hybridized carbons (Fsp3) is 0.235. The van der Waals surface area contributed by atoms with Gasteiger partial charge in [0, 0.05) is 31.9 Å². The van der Waals surface area contributed by atoms with Gasteiger partial charge < -0.3 is 25.5 Å². The number of rotatable bonds is 5. The van der Waals surface area contributed by atoms with E-state index in [0.717, 1.165) is 0 Å². The normalized spacial score (nSPS) is 11.0. The van der Waals surface area contributed by atoms with Crippen LogP contribution in [0.3, 0.4) is 0 Å². The Hall–Kier alpha value is -2.65. The SMILES string of the molecule is COc1cc(Cl)c(-c2nc(SCC(=O)N(C)C)nc3[nH]cc(N)c23)cc1O. The van der Waals surface area contributed by atoms with Crippen LogP contribution in [0, 0.1) is 0 Å². The van der Waals surface area contributed by atoms with Crippen molar-refractivity contribution in [3.63, 3.8) is 0 Å². The monoisotopic (exact) mass is 407 g/mol. The second kappa shape index (κ2) is 7.53. The summed E-state index contributed by atoms with van der Waals surface area (Å²) in [6.07, 6.45) is 1.61. The van der Waals surface area contributed by atoms with Gasteiger partial charge in [-0.05, 0) is 6.07 Å². The number of carbonyl (C=O) groups is 1. The van der Waals surface area contributed by atoms with Crippen LogP contribution in [-0.4, -0.2) is 57.8 Å². The molecule has 27 heavy (non-hydrogen) atoms. The lowest BCUT2D eigenvalue weighted by Crippen LogP contribution is -2.23. The van der Waals surface area contributed by atoms with E-state index in [9.17, 15) is 9.90 Å². The average Bonchev–Trinajstić information content (AvgIpc) is 3.01. The Morgan fingerprint density at radius 3 is 2.81 bits per heavy atom. The number of aromatic hydroxyl groups is 1. The standard InChI is InChI=1S/C17H18ClN5O3S/c1-23(2)13(25)7-27-17-21-15(14-10(19)6-20-16(14)22-17)8-4-11(24)12(26-3)5-9(8)18/h4-6,24H,7,19H2,1-3H3,(H,20,21,22). The fourth-order valence-corrected chi connectivity index (χ4v) is 3.51. The van der Waals surface area contributed by atoms with Crippen LogP contribution >= 0.6 is 23.4 Å². The number of phenolic OH excluding ortho intramolecular Hbond substituents is 1. The maximum absolute atomic E-state index is 11.9. The second-order valence-corrected chi connectivity index (χ2v) is 7.25. The van der Waals surface area contributed by atoms with Crippen molar-refractivity contribution in [1.82, 2.24) is 19.9 Å². The highest BCUT2D eigenvalue weighted by molar-refractivity contribution is 7.99. The fourth-order valence-electron chi connectivity index (χ4n) is 2.44. The summed E-state index contributed by atoms with van der Waals surface area (Å²) in [7, 11) is 4.81. The first kappa shape index (κ1) is 19.1. The van der Waals surface area contributed by atoms with Crippen molar-refractivity contribution in [2.45, 2.75) is 5.16 Å². The van der Waals surface area contributed by atoms with Crippen LogP contribution in [0.25, 0.3) is 22.3 Å². The quantitative estimate of drug-likeness (QED) is 0.439. The molecule has 0 aliphatic rings. The molecule has 142 valence electrons. The molecule has 0 bridgehead atoms. The third kappa shape index (κ3) is 3.74. The number of nitrogens with one attached hydrogen (secondary N) is 1. The molecular formula is C17H18ClN5O3S. The molecule has 1 aromatic carbocycles. The number of amides is 1. The van der Waals surface area contributed by atoms with Gasteiger partial charge in [0.2, 0.25) is 5.91 Å². The highest BCUT2D eigenvalue weighted by Crippen LogP contribution is 2.40. The van der Waals surface area contributed by atoms with Gasteiger partial charge in [-0.25, -0.2) is 9.97 Å².